The van der Waals surface area contributed by atoms with Crippen LogP contribution in [0.5, 0.6) is 0 Å². The Labute approximate surface area is 422 Å². The van der Waals surface area contributed by atoms with E-state index in [0.29, 0.717) is 17.4 Å². The first-order chi connectivity index (χ1) is 32.9. The molecule has 22 nitrogen and oxygen atoms in total. The Morgan fingerprint density at radius 2 is 0.729 bits per heavy atom. The fraction of sp³-hybridized carbons (Fsp3) is 1.00. The predicted molar refractivity (Wildman–Crippen MR) is 270 cm³/mol. The molecule has 0 aromatic carbocycles. The molecule has 0 aliphatic heterocycles. The molecule has 0 aromatic rings. The molecule has 70 heavy (non-hydrogen) atoms. The SMILES string of the molecule is CCCCCCCCCCC[N+](C)(CCCCCCCCCCC)CCC[Si](OCC(CO)(CO)NCCS(=O)(=O)[O-])(OCC(CO)(CO)NCCS(=O)(=O)O)OCC(CO)(CO)NCCS(=O)(=O)O. The molecular formula is C44H96N4O18S3Si. The third-order valence-electron chi connectivity index (χ3n) is 12.9. The third-order valence-corrected chi connectivity index (χ3v) is 17.7. The maximum atomic E-state index is 11.6. The topological polar surface area (TPSA) is 351 Å². The summed E-state index contributed by atoms with van der Waals surface area (Å²) in [5, 5.41) is 71.5. The van der Waals surface area contributed by atoms with Gasteiger partial charge < -0.3 is 68.9 Å². The summed E-state index contributed by atoms with van der Waals surface area (Å²) in [6, 6.07) is -0.0475. The molecule has 0 unspecified atom stereocenters. The average molecular weight is 1090 g/mol. The molecule has 0 saturated carbocycles. The van der Waals surface area contributed by atoms with E-state index in [1.54, 1.807) is 0 Å². The van der Waals surface area contributed by atoms with Crippen LogP contribution < -0.4 is 16.0 Å². The predicted octanol–water partition coefficient (Wildman–Crippen LogP) is 1.13. The molecule has 0 radical (unpaired) electrons. The van der Waals surface area contributed by atoms with Crippen molar-refractivity contribution in [3.05, 3.63) is 0 Å². The minimum absolute atomic E-state index is 0.0475. The quantitative estimate of drug-likeness (QED) is 0.0176. The van der Waals surface area contributed by atoms with E-state index < -0.39 is 152 Å². The fourth-order valence-corrected chi connectivity index (χ4v) is 11.8. The van der Waals surface area contributed by atoms with Crippen molar-refractivity contribution in [1.29, 1.82) is 0 Å². The number of quaternary nitrogens is 1. The lowest BCUT2D eigenvalue weighted by atomic mass is 10.0. The number of rotatable bonds is 51. The van der Waals surface area contributed by atoms with Gasteiger partial charge in [0.2, 0.25) is 0 Å². The zero-order valence-corrected chi connectivity index (χ0v) is 46.2. The Hall–Kier alpha value is -0.573. The monoisotopic (exact) mass is 1090 g/mol. The number of unbranched alkanes of at least 4 members (excludes halogenated alkanes) is 16. The van der Waals surface area contributed by atoms with Gasteiger partial charge in [0.15, 0.2) is 0 Å². The molecule has 422 valence electrons. The Bertz CT molecular complexity index is 1480. The van der Waals surface area contributed by atoms with Crippen molar-refractivity contribution in [1.82, 2.24) is 16.0 Å². The van der Waals surface area contributed by atoms with Gasteiger partial charge in [-0.25, -0.2) is 8.42 Å². The van der Waals surface area contributed by atoms with Crippen LogP contribution in [0.4, 0.5) is 0 Å². The minimum atomic E-state index is -4.74. The number of hydrogen-bond acceptors (Lipinski definition) is 19. The van der Waals surface area contributed by atoms with Gasteiger partial charge in [0.05, 0.1) is 130 Å². The number of hydrogen-bond donors (Lipinski definition) is 11. The Morgan fingerprint density at radius 1 is 0.457 bits per heavy atom. The Balaban J connectivity index is 7.15. The summed E-state index contributed by atoms with van der Waals surface area (Å²) in [5.74, 6) is -2.51. The third kappa shape index (κ3) is 33.4. The fourth-order valence-electron chi connectivity index (χ4n) is 7.95. The van der Waals surface area contributed by atoms with E-state index in [4.69, 9.17) is 13.3 Å². The van der Waals surface area contributed by atoms with E-state index in [9.17, 15) is 69.6 Å². The lowest BCUT2D eigenvalue weighted by Crippen LogP contribution is -2.64. The first-order valence-corrected chi connectivity index (χ1v) is 32.2. The summed E-state index contributed by atoms with van der Waals surface area (Å²) in [6.07, 6.45) is 21.2. The standard InChI is InChI=1S/C44H96N4O18S3Si/c1-4-6-8-10-12-14-16-18-20-26-48(3,27-21-19-17-15-13-11-9-7-5-2)28-22-32-70(64-39-42(33-49,34-50)45-23-29-67(55,56)57,65-40-43(35-51,36-52)46-24-30-68(58,59)60)66-41-44(37-53,38-54)47-25-31-69(61,62)63/h45-47,49-54H,4-41H2,1-3H3,(H2-,55,56,57,58,59,60,61,62,63). The second kappa shape index (κ2) is 37.2. The summed E-state index contributed by atoms with van der Waals surface area (Å²) in [5.41, 5.74) is -5.41. The largest absolute Gasteiger partial charge is 0.748 e. The second-order valence-electron chi connectivity index (χ2n) is 19.5. The van der Waals surface area contributed by atoms with Crippen LogP contribution in [0.15, 0.2) is 0 Å². The van der Waals surface area contributed by atoms with Crippen LogP contribution in [0, 0.1) is 0 Å². The minimum Gasteiger partial charge on any atom is -0.748 e. The van der Waals surface area contributed by atoms with Crippen molar-refractivity contribution in [3.63, 3.8) is 0 Å². The number of aliphatic hydroxyl groups is 6. The van der Waals surface area contributed by atoms with Crippen LogP contribution in [0.3, 0.4) is 0 Å². The highest BCUT2D eigenvalue weighted by Gasteiger charge is 2.48. The van der Waals surface area contributed by atoms with Crippen LogP contribution in [-0.2, 0) is 43.6 Å². The van der Waals surface area contributed by atoms with Gasteiger partial charge in [0, 0.05) is 32.1 Å². The molecule has 0 saturated heterocycles. The normalized spacial score (nSPS) is 13.7. The molecule has 11 N–H and O–H groups in total. The van der Waals surface area contributed by atoms with Crippen LogP contribution in [0.25, 0.3) is 0 Å². The van der Waals surface area contributed by atoms with E-state index in [2.05, 4.69) is 36.8 Å². The summed E-state index contributed by atoms with van der Waals surface area (Å²) in [6.45, 7) is -1.77. The second-order valence-corrected chi connectivity index (χ2v) is 26.9. The van der Waals surface area contributed by atoms with Crippen LogP contribution >= 0.6 is 0 Å². The summed E-state index contributed by atoms with van der Waals surface area (Å²) < 4.78 is 120. The maximum absolute atomic E-state index is 11.6. The Morgan fingerprint density at radius 3 is 1.00 bits per heavy atom. The first kappa shape index (κ1) is 69.4. The summed E-state index contributed by atoms with van der Waals surface area (Å²) in [4.78, 5) is 0. The van der Waals surface area contributed by atoms with E-state index in [0.717, 1.165) is 64.5 Å². The van der Waals surface area contributed by atoms with Gasteiger partial charge in [0.25, 0.3) is 20.2 Å². The van der Waals surface area contributed by atoms with Crippen molar-refractivity contribution in [2.45, 2.75) is 159 Å². The van der Waals surface area contributed by atoms with Gasteiger partial charge in [-0.3, -0.25) is 9.11 Å². The molecule has 0 atom stereocenters. The van der Waals surface area contributed by atoms with Crippen molar-refractivity contribution in [2.75, 3.05) is 123 Å². The van der Waals surface area contributed by atoms with Gasteiger partial charge >= 0.3 is 8.80 Å². The van der Waals surface area contributed by atoms with Crippen LogP contribution in [0.1, 0.15) is 136 Å². The highest BCUT2D eigenvalue weighted by atomic mass is 32.2. The Kier molecular flexibility index (Phi) is 36.9. The summed E-state index contributed by atoms with van der Waals surface area (Å²) >= 11 is 0. The van der Waals surface area contributed by atoms with Gasteiger partial charge in [-0.2, -0.15) is 16.8 Å². The molecule has 0 amide bonds. The highest BCUT2D eigenvalue weighted by molar-refractivity contribution is 7.86. The van der Waals surface area contributed by atoms with E-state index in [1.807, 2.05) is 0 Å². The molecule has 0 aromatic heterocycles. The number of nitrogens with one attached hydrogen (secondary N) is 3. The van der Waals surface area contributed by atoms with Gasteiger partial charge in [0.1, 0.15) is 0 Å². The molecule has 26 heteroatoms. The average Bonchev–Trinajstić information content (AvgIpc) is 3.30. The van der Waals surface area contributed by atoms with E-state index >= 15 is 0 Å². The lowest BCUT2D eigenvalue weighted by molar-refractivity contribution is -0.910. The van der Waals surface area contributed by atoms with Gasteiger partial charge in [-0.05, 0) is 25.7 Å². The molecule has 0 heterocycles. The molecule has 0 rings (SSSR count). The number of nitrogens with zero attached hydrogens (tertiary/aromatic N) is 1. The van der Waals surface area contributed by atoms with Crippen molar-refractivity contribution < 1.29 is 87.3 Å². The lowest BCUT2D eigenvalue weighted by Gasteiger charge is -2.41. The smallest absolute Gasteiger partial charge is 0.501 e. The van der Waals surface area contributed by atoms with Gasteiger partial charge in [-0.15, -0.1) is 0 Å². The highest BCUT2D eigenvalue weighted by Crippen LogP contribution is 2.26. The number of aliphatic hydroxyl groups excluding tert-OH is 6. The molecule has 0 fully saturated rings. The van der Waals surface area contributed by atoms with E-state index in [-0.39, 0.29) is 6.04 Å². The van der Waals surface area contributed by atoms with Crippen LogP contribution in [-0.4, -0.2) is 222 Å². The zero-order valence-electron chi connectivity index (χ0n) is 42.7. The zero-order chi connectivity index (χ0) is 53.1. The molecular weight excluding hydrogens is 997 g/mol. The van der Waals surface area contributed by atoms with Crippen molar-refractivity contribution in [3.8, 4) is 0 Å². The molecule has 0 aliphatic rings. The molecule has 0 spiro atoms. The first-order valence-electron chi connectivity index (χ1n) is 25.4. The van der Waals surface area contributed by atoms with Gasteiger partial charge in [-0.1, -0.05) is 104 Å². The van der Waals surface area contributed by atoms with Crippen molar-refractivity contribution in [2.24, 2.45) is 0 Å². The van der Waals surface area contributed by atoms with Crippen molar-refractivity contribution >= 4 is 39.2 Å². The van der Waals surface area contributed by atoms with Crippen LogP contribution in [0.2, 0.25) is 6.04 Å². The summed E-state index contributed by atoms with van der Waals surface area (Å²) in [7, 11) is -16.0. The van der Waals surface area contributed by atoms with E-state index in [1.165, 1.54) is 64.2 Å². The molecule has 0 aliphatic carbocycles. The molecule has 0 bridgehead atoms. The maximum Gasteiger partial charge on any atom is 0.501 e.